The maximum atomic E-state index is 13.2. The van der Waals surface area contributed by atoms with E-state index in [9.17, 15) is 4.79 Å². The first-order valence-electron chi connectivity index (χ1n) is 9.31. The van der Waals surface area contributed by atoms with E-state index in [1.165, 1.54) is 24.0 Å². The zero-order valence-electron chi connectivity index (χ0n) is 15.3. The first-order chi connectivity index (χ1) is 12.7. The van der Waals surface area contributed by atoms with Gasteiger partial charge in [-0.05, 0) is 56.7 Å². The summed E-state index contributed by atoms with van der Waals surface area (Å²) >= 11 is 0. The standard InChI is InChI=1S/C21H24N4O/c1-3-25(21(26)18-10-11-20-23-22-14-24(20)13-18)19(17-8-9-17)12-16-6-4-15(2)5-7-16/h4-7,10-11,13-14,17,19H,3,8-9,12H2,1-2H3. The molecule has 1 aromatic carbocycles. The minimum atomic E-state index is 0.0899. The Morgan fingerprint density at radius 3 is 2.69 bits per heavy atom. The Morgan fingerprint density at radius 1 is 1.23 bits per heavy atom. The van der Waals surface area contributed by atoms with Crippen LogP contribution in [0.15, 0.2) is 48.9 Å². The fourth-order valence-corrected chi connectivity index (χ4v) is 3.63. The number of hydrogen-bond donors (Lipinski definition) is 0. The summed E-state index contributed by atoms with van der Waals surface area (Å²) in [5, 5.41) is 7.90. The lowest BCUT2D eigenvalue weighted by molar-refractivity contribution is 0.0665. The van der Waals surface area contributed by atoms with Crippen LogP contribution in [0.1, 0.15) is 41.3 Å². The van der Waals surface area contributed by atoms with Crippen molar-refractivity contribution in [1.29, 1.82) is 0 Å². The Kier molecular flexibility index (Phi) is 4.45. The highest BCUT2D eigenvalue weighted by Crippen LogP contribution is 2.37. The van der Waals surface area contributed by atoms with Crippen LogP contribution in [0.4, 0.5) is 0 Å². The van der Waals surface area contributed by atoms with Crippen molar-refractivity contribution in [3.05, 3.63) is 65.6 Å². The van der Waals surface area contributed by atoms with Gasteiger partial charge in [0, 0.05) is 18.8 Å². The van der Waals surface area contributed by atoms with Gasteiger partial charge in [-0.1, -0.05) is 29.8 Å². The molecule has 1 aliphatic carbocycles. The zero-order valence-corrected chi connectivity index (χ0v) is 15.3. The van der Waals surface area contributed by atoms with Crippen LogP contribution in [-0.4, -0.2) is 38.0 Å². The highest BCUT2D eigenvalue weighted by Gasteiger charge is 2.37. The van der Waals surface area contributed by atoms with E-state index in [2.05, 4.69) is 48.3 Å². The molecule has 0 radical (unpaired) electrons. The summed E-state index contributed by atoms with van der Waals surface area (Å²) in [5.74, 6) is 0.700. The number of hydrogen-bond acceptors (Lipinski definition) is 3. The number of carbonyl (C=O) groups excluding carboxylic acids is 1. The van der Waals surface area contributed by atoms with Crippen LogP contribution in [-0.2, 0) is 6.42 Å². The normalized spacial score (nSPS) is 15.2. The second-order valence-corrected chi connectivity index (χ2v) is 7.20. The molecule has 0 bridgehead atoms. The minimum absolute atomic E-state index is 0.0899. The van der Waals surface area contributed by atoms with Crippen molar-refractivity contribution in [3.8, 4) is 0 Å². The molecule has 2 aromatic heterocycles. The second kappa shape index (κ2) is 6.90. The van der Waals surface area contributed by atoms with Crippen LogP contribution < -0.4 is 0 Å². The molecule has 1 aliphatic rings. The van der Waals surface area contributed by atoms with E-state index >= 15 is 0 Å². The van der Waals surface area contributed by atoms with Gasteiger partial charge in [-0.2, -0.15) is 0 Å². The van der Waals surface area contributed by atoms with Gasteiger partial charge in [-0.25, -0.2) is 0 Å². The third-order valence-corrected chi connectivity index (χ3v) is 5.27. The SMILES string of the molecule is CCN(C(=O)c1ccc2nncn2c1)C(Cc1ccc(C)cc1)C1CC1. The summed E-state index contributed by atoms with van der Waals surface area (Å²) in [7, 11) is 0. The lowest BCUT2D eigenvalue weighted by atomic mass is 9.99. The van der Waals surface area contributed by atoms with Gasteiger partial charge in [0.1, 0.15) is 6.33 Å². The quantitative estimate of drug-likeness (QED) is 0.685. The molecule has 3 aromatic rings. The van der Waals surface area contributed by atoms with Crippen molar-refractivity contribution in [2.24, 2.45) is 5.92 Å². The molecule has 1 fully saturated rings. The summed E-state index contributed by atoms with van der Waals surface area (Å²) in [6.07, 6.45) is 6.80. The van der Waals surface area contributed by atoms with E-state index in [4.69, 9.17) is 0 Å². The van der Waals surface area contributed by atoms with E-state index in [-0.39, 0.29) is 11.9 Å². The Bertz CT molecular complexity index is 911. The Hall–Kier alpha value is -2.69. The maximum absolute atomic E-state index is 13.2. The fourth-order valence-electron chi connectivity index (χ4n) is 3.63. The lowest BCUT2D eigenvalue weighted by Gasteiger charge is -2.31. The highest BCUT2D eigenvalue weighted by atomic mass is 16.2. The van der Waals surface area contributed by atoms with E-state index < -0.39 is 0 Å². The monoisotopic (exact) mass is 348 g/mol. The molecule has 1 saturated carbocycles. The number of aryl methyl sites for hydroxylation is 1. The lowest BCUT2D eigenvalue weighted by Crippen LogP contribution is -2.43. The van der Waals surface area contributed by atoms with Crippen molar-refractivity contribution in [1.82, 2.24) is 19.5 Å². The van der Waals surface area contributed by atoms with E-state index in [1.54, 1.807) is 10.7 Å². The van der Waals surface area contributed by atoms with Crippen molar-refractivity contribution < 1.29 is 4.79 Å². The Morgan fingerprint density at radius 2 is 2.00 bits per heavy atom. The smallest absolute Gasteiger partial charge is 0.255 e. The molecular formula is C21H24N4O. The average molecular weight is 348 g/mol. The van der Waals surface area contributed by atoms with Crippen LogP contribution in [0.2, 0.25) is 0 Å². The second-order valence-electron chi connectivity index (χ2n) is 7.20. The van der Waals surface area contributed by atoms with Crippen LogP contribution >= 0.6 is 0 Å². The number of nitrogens with zero attached hydrogens (tertiary/aromatic N) is 4. The molecule has 1 unspecified atom stereocenters. The molecule has 0 spiro atoms. The minimum Gasteiger partial charge on any atom is -0.335 e. The number of carbonyl (C=O) groups is 1. The molecule has 1 atom stereocenters. The van der Waals surface area contributed by atoms with Gasteiger partial charge in [-0.3, -0.25) is 9.20 Å². The zero-order chi connectivity index (χ0) is 18.1. The number of pyridine rings is 1. The Balaban J connectivity index is 1.59. The van der Waals surface area contributed by atoms with Crippen molar-refractivity contribution >= 4 is 11.6 Å². The summed E-state index contributed by atoms with van der Waals surface area (Å²) in [5.41, 5.74) is 4.01. The first kappa shape index (κ1) is 16.8. The third kappa shape index (κ3) is 3.34. The maximum Gasteiger partial charge on any atom is 0.255 e. The Labute approximate surface area is 153 Å². The number of benzene rings is 1. The van der Waals surface area contributed by atoms with Crippen LogP contribution in [0.3, 0.4) is 0 Å². The molecule has 4 rings (SSSR count). The topological polar surface area (TPSA) is 50.5 Å². The molecule has 5 nitrogen and oxygen atoms in total. The molecule has 5 heteroatoms. The van der Waals surface area contributed by atoms with Crippen LogP contribution in [0, 0.1) is 12.8 Å². The number of likely N-dealkylation sites (N-methyl/N-ethyl adjacent to an activating group) is 1. The highest BCUT2D eigenvalue weighted by molar-refractivity contribution is 5.94. The molecular weight excluding hydrogens is 324 g/mol. The van der Waals surface area contributed by atoms with Gasteiger partial charge in [0.25, 0.3) is 5.91 Å². The number of amides is 1. The predicted molar refractivity (Wildman–Crippen MR) is 101 cm³/mol. The van der Waals surface area contributed by atoms with Gasteiger partial charge in [0.15, 0.2) is 5.65 Å². The van der Waals surface area contributed by atoms with Crippen molar-refractivity contribution in [2.75, 3.05) is 6.54 Å². The molecule has 1 amide bonds. The number of aromatic nitrogens is 3. The van der Waals surface area contributed by atoms with Crippen molar-refractivity contribution in [3.63, 3.8) is 0 Å². The van der Waals surface area contributed by atoms with Gasteiger partial charge in [0.05, 0.1) is 5.56 Å². The fraction of sp³-hybridized carbons (Fsp3) is 0.381. The predicted octanol–water partition coefficient (Wildman–Crippen LogP) is 3.52. The average Bonchev–Trinajstić information content (AvgIpc) is 3.39. The van der Waals surface area contributed by atoms with Crippen LogP contribution in [0.25, 0.3) is 5.65 Å². The van der Waals surface area contributed by atoms with E-state index in [0.717, 1.165) is 12.1 Å². The summed E-state index contributed by atoms with van der Waals surface area (Å²) in [6, 6.07) is 12.6. The van der Waals surface area contributed by atoms with Gasteiger partial charge >= 0.3 is 0 Å². The largest absolute Gasteiger partial charge is 0.335 e. The molecule has 0 aliphatic heterocycles. The molecule has 2 heterocycles. The molecule has 134 valence electrons. The van der Waals surface area contributed by atoms with E-state index in [1.807, 2.05) is 23.2 Å². The number of fused-ring (bicyclic) bond motifs is 1. The summed E-state index contributed by atoms with van der Waals surface area (Å²) < 4.78 is 1.80. The molecule has 26 heavy (non-hydrogen) atoms. The van der Waals surface area contributed by atoms with Gasteiger partial charge in [-0.15, -0.1) is 10.2 Å². The van der Waals surface area contributed by atoms with Crippen LogP contribution in [0.5, 0.6) is 0 Å². The van der Waals surface area contributed by atoms with E-state index in [0.29, 0.717) is 18.0 Å². The first-order valence-corrected chi connectivity index (χ1v) is 9.31. The van der Waals surface area contributed by atoms with Gasteiger partial charge in [0.2, 0.25) is 0 Å². The summed E-state index contributed by atoms with van der Waals surface area (Å²) in [6.45, 7) is 4.89. The third-order valence-electron chi connectivity index (χ3n) is 5.27. The van der Waals surface area contributed by atoms with Gasteiger partial charge < -0.3 is 4.90 Å². The molecule has 0 N–H and O–H groups in total. The molecule has 0 saturated heterocycles. The summed E-state index contributed by atoms with van der Waals surface area (Å²) in [4.78, 5) is 15.3. The number of rotatable bonds is 6. The van der Waals surface area contributed by atoms with Crippen molar-refractivity contribution in [2.45, 2.75) is 39.2 Å².